The summed E-state index contributed by atoms with van der Waals surface area (Å²) in [5, 5.41) is 0. The van der Waals surface area contributed by atoms with Crippen LogP contribution >= 0.6 is 0 Å². The van der Waals surface area contributed by atoms with Gasteiger partial charge in [0.05, 0.1) is 31.8 Å². The molecule has 0 aliphatic carbocycles. The van der Waals surface area contributed by atoms with Crippen LogP contribution in [0.15, 0.2) is 30.3 Å². The van der Waals surface area contributed by atoms with Crippen LogP contribution in [0.2, 0.25) is 36.3 Å². The fraction of sp³-hybridized carbons (Fsp3) is 0.759. The molecule has 0 unspecified atom stereocenters. The summed E-state index contributed by atoms with van der Waals surface area (Å²) in [6, 6.07) is 16.7. The Morgan fingerprint density at radius 2 is 1.31 bits per heavy atom. The summed E-state index contributed by atoms with van der Waals surface area (Å²) in [5.41, 5.74) is 1.17. The second kappa shape index (κ2) is 16.8. The molecule has 4 atom stereocenters. The van der Waals surface area contributed by atoms with E-state index in [4.69, 9.17) is 18.3 Å². The van der Waals surface area contributed by atoms with Crippen molar-refractivity contribution in [2.24, 2.45) is 11.8 Å². The molecule has 208 valence electrons. The number of carbonyl (C=O) groups is 1. The molecule has 0 aliphatic heterocycles. The molecule has 0 saturated heterocycles. The van der Waals surface area contributed by atoms with Crippen molar-refractivity contribution < 1.29 is 23.1 Å². The van der Waals surface area contributed by atoms with Gasteiger partial charge in [0.1, 0.15) is 0 Å². The molecular weight excluding hydrogens is 484 g/mol. The van der Waals surface area contributed by atoms with Crippen molar-refractivity contribution >= 4 is 22.6 Å². The average molecular weight is 539 g/mol. The number of hydrogen-bond acceptors (Lipinski definition) is 5. The maximum absolute atomic E-state index is 12.8. The minimum atomic E-state index is -1.96. The maximum atomic E-state index is 12.8. The summed E-state index contributed by atoms with van der Waals surface area (Å²) >= 11 is 0. The third-order valence-corrected chi connectivity index (χ3v) is 17.8. The number of rotatable bonds is 19. The second-order valence-electron chi connectivity index (χ2n) is 10.2. The smallest absolute Gasteiger partial charge is 0.310 e. The molecule has 0 saturated carbocycles. The molecule has 0 aromatic heterocycles. The molecule has 0 fully saturated rings. The lowest BCUT2D eigenvalue weighted by Gasteiger charge is -2.43. The molecule has 36 heavy (non-hydrogen) atoms. The van der Waals surface area contributed by atoms with Gasteiger partial charge in [0.2, 0.25) is 0 Å². The van der Waals surface area contributed by atoms with Gasteiger partial charge in [0, 0.05) is 12.5 Å². The van der Waals surface area contributed by atoms with Crippen LogP contribution in [0, 0.1) is 11.8 Å². The number of ether oxygens (including phenoxy) is 2. The van der Waals surface area contributed by atoms with Crippen LogP contribution in [0.25, 0.3) is 0 Å². The van der Waals surface area contributed by atoms with E-state index in [1.54, 1.807) is 0 Å². The van der Waals surface area contributed by atoms with Gasteiger partial charge in [-0.2, -0.15) is 0 Å². The molecule has 0 N–H and O–H groups in total. The molecule has 1 aromatic carbocycles. The molecule has 0 spiro atoms. The highest BCUT2D eigenvalue weighted by molar-refractivity contribution is 6.74. The molecule has 0 radical (unpaired) electrons. The first-order valence-corrected chi connectivity index (χ1v) is 19.3. The van der Waals surface area contributed by atoms with Gasteiger partial charge in [0.15, 0.2) is 16.6 Å². The van der Waals surface area contributed by atoms with E-state index in [-0.39, 0.29) is 30.0 Å². The Hall–Kier alpha value is -0.996. The lowest BCUT2D eigenvalue weighted by Crippen LogP contribution is -2.51. The molecule has 0 heterocycles. The first kappa shape index (κ1) is 33.0. The molecule has 5 nitrogen and oxygen atoms in total. The summed E-state index contributed by atoms with van der Waals surface area (Å²) < 4.78 is 25.4. The van der Waals surface area contributed by atoms with Crippen molar-refractivity contribution in [1.29, 1.82) is 0 Å². The lowest BCUT2D eigenvalue weighted by molar-refractivity contribution is -0.150. The van der Waals surface area contributed by atoms with E-state index >= 15 is 0 Å². The highest BCUT2D eigenvalue weighted by Gasteiger charge is 2.43. The number of methoxy groups -OCH3 is 1. The number of hydrogen-bond donors (Lipinski definition) is 0. The van der Waals surface area contributed by atoms with E-state index in [0.29, 0.717) is 13.2 Å². The summed E-state index contributed by atoms with van der Waals surface area (Å²) in [6.45, 7) is 18.9. The number of benzene rings is 1. The highest BCUT2D eigenvalue weighted by atomic mass is 28.4. The average Bonchev–Trinajstić information content (AvgIpc) is 2.93. The largest absolute Gasteiger partial charge is 0.469 e. The van der Waals surface area contributed by atoms with Crippen molar-refractivity contribution in [2.45, 2.75) is 117 Å². The SMILES string of the molecule is CC[Si](CC)(CC)O[C@@H]([C@@H](C)[C@H](CCOCc1ccccc1)O[Si](CC)(CC)CC)[C@@H](C)C(=O)OC. The van der Waals surface area contributed by atoms with Crippen molar-refractivity contribution in [3.05, 3.63) is 35.9 Å². The first-order chi connectivity index (χ1) is 17.2. The fourth-order valence-corrected chi connectivity index (χ4v) is 11.2. The fourth-order valence-electron chi connectivity index (χ4n) is 5.20. The molecular formula is C29H54O5Si2. The predicted octanol–water partition coefficient (Wildman–Crippen LogP) is 7.82. The Labute approximate surface area is 223 Å². The normalized spacial score (nSPS) is 15.8. The summed E-state index contributed by atoms with van der Waals surface area (Å²) in [4.78, 5) is 12.8. The Bertz CT molecular complexity index is 705. The van der Waals surface area contributed by atoms with Gasteiger partial charge >= 0.3 is 5.97 Å². The molecule has 7 heteroatoms. The second-order valence-corrected chi connectivity index (χ2v) is 19.7. The van der Waals surface area contributed by atoms with Gasteiger partial charge in [0.25, 0.3) is 0 Å². The zero-order chi connectivity index (χ0) is 27.2. The van der Waals surface area contributed by atoms with E-state index < -0.39 is 16.6 Å². The van der Waals surface area contributed by atoms with Gasteiger partial charge in [-0.15, -0.1) is 0 Å². The van der Waals surface area contributed by atoms with Crippen LogP contribution in [-0.2, 0) is 29.7 Å². The number of esters is 1. The van der Waals surface area contributed by atoms with E-state index in [9.17, 15) is 4.79 Å². The van der Waals surface area contributed by atoms with E-state index in [1.807, 2.05) is 25.1 Å². The highest BCUT2D eigenvalue weighted by Crippen LogP contribution is 2.35. The van der Waals surface area contributed by atoms with Gasteiger partial charge in [-0.1, -0.05) is 78.8 Å². The van der Waals surface area contributed by atoms with E-state index in [1.165, 1.54) is 12.7 Å². The van der Waals surface area contributed by atoms with Crippen LogP contribution < -0.4 is 0 Å². The zero-order valence-electron chi connectivity index (χ0n) is 24.6. The lowest BCUT2D eigenvalue weighted by atomic mass is 9.88. The molecule has 1 rings (SSSR count). The Morgan fingerprint density at radius 3 is 1.78 bits per heavy atom. The van der Waals surface area contributed by atoms with E-state index in [0.717, 1.165) is 42.7 Å². The first-order valence-electron chi connectivity index (χ1n) is 14.3. The van der Waals surface area contributed by atoms with Crippen LogP contribution in [0.4, 0.5) is 0 Å². The minimum absolute atomic E-state index is 0.0262. The third-order valence-electron chi connectivity index (χ3n) is 8.48. The van der Waals surface area contributed by atoms with Crippen molar-refractivity contribution in [2.75, 3.05) is 13.7 Å². The Morgan fingerprint density at radius 1 is 0.806 bits per heavy atom. The topological polar surface area (TPSA) is 54.0 Å². The van der Waals surface area contributed by atoms with Crippen LogP contribution in [-0.4, -0.2) is 48.5 Å². The number of carbonyl (C=O) groups excluding carboxylic acids is 1. The minimum Gasteiger partial charge on any atom is -0.469 e. The molecule has 1 aromatic rings. The van der Waals surface area contributed by atoms with Gasteiger partial charge in [-0.25, -0.2) is 0 Å². The standard InChI is InChI=1S/C29H54O5Si2/c1-10-35(11-2,12-3)33-27(21-22-32-23-26-19-17-16-18-20-26)24(7)28(25(8)29(30)31-9)34-36(13-4,14-5)15-6/h16-20,24-25,27-28H,10-15,21-23H2,1-9H3/t24-,25+,27-,28-/m0/s1. The van der Waals surface area contributed by atoms with Crippen LogP contribution in [0.1, 0.15) is 67.4 Å². The summed E-state index contributed by atoms with van der Waals surface area (Å²) in [5.74, 6) is -0.506. The zero-order valence-corrected chi connectivity index (χ0v) is 26.6. The van der Waals surface area contributed by atoms with E-state index in [2.05, 4.69) is 60.6 Å². The molecule has 0 aliphatic rings. The third kappa shape index (κ3) is 9.39. The Kier molecular flexibility index (Phi) is 15.4. The molecule has 0 bridgehead atoms. The van der Waals surface area contributed by atoms with Crippen LogP contribution in [0.5, 0.6) is 0 Å². The predicted molar refractivity (Wildman–Crippen MR) is 155 cm³/mol. The Balaban J connectivity index is 3.22. The quantitative estimate of drug-likeness (QED) is 0.102. The van der Waals surface area contributed by atoms with Gasteiger partial charge < -0.3 is 18.3 Å². The van der Waals surface area contributed by atoms with Crippen molar-refractivity contribution in [3.8, 4) is 0 Å². The molecule has 0 amide bonds. The summed E-state index contributed by atoms with van der Waals surface area (Å²) in [7, 11) is -2.37. The maximum Gasteiger partial charge on any atom is 0.310 e. The van der Waals surface area contributed by atoms with Gasteiger partial charge in [-0.3, -0.25) is 4.79 Å². The van der Waals surface area contributed by atoms with Gasteiger partial charge in [-0.05, 0) is 55.2 Å². The van der Waals surface area contributed by atoms with Crippen LogP contribution in [0.3, 0.4) is 0 Å². The van der Waals surface area contributed by atoms with Crippen molar-refractivity contribution in [1.82, 2.24) is 0 Å². The summed E-state index contributed by atoms with van der Waals surface area (Å²) in [6.07, 6.45) is 0.525. The van der Waals surface area contributed by atoms with Crippen molar-refractivity contribution in [3.63, 3.8) is 0 Å². The monoisotopic (exact) mass is 538 g/mol.